The third kappa shape index (κ3) is 29.0. The zero-order valence-electron chi connectivity index (χ0n) is 57.3. The molecule has 0 atom stereocenters. The molecule has 0 aliphatic carbocycles. The molecule has 0 spiro atoms. The van der Waals surface area contributed by atoms with Gasteiger partial charge in [-0.05, 0) is 88.5 Å². The van der Waals surface area contributed by atoms with Crippen LogP contribution in [-0.2, 0) is 43.1 Å². The van der Waals surface area contributed by atoms with Crippen molar-refractivity contribution in [3.05, 3.63) is 230 Å². The minimum atomic E-state index is -1.13. The molecule has 34 heteroatoms. The molecule has 0 unspecified atom stereocenters. The van der Waals surface area contributed by atoms with Gasteiger partial charge >= 0.3 is 92.4 Å². The summed E-state index contributed by atoms with van der Waals surface area (Å²) in [5, 5.41) is 9.31. The van der Waals surface area contributed by atoms with E-state index in [1.807, 2.05) is 22.6 Å². The Morgan fingerprint density at radius 2 is 0.853 bits per heavy atom. The molecular formula is C68H67Cl5F3IKMgN6O17-. The van der Waals surface area contributed by atoms with Crippen molar-refractivity contribution in [2.75, 3.05) is 60.8 Å². The van der Waals surface area contributed by atoms with E-state index in [4.69, 9.17) is 69.3 Å². The number of halogens is 9. The van der Waals surface area contributed by atoms with E-state index < -0.39 is 47.6 Å². The van der Waals surface area contributed by atoms with Gasteiger partial charge < -0.3 is 78.1 Å². The van der Waals surface area contributed by atoms with Crippen molar-refractivity contribution in [2.45, 2.75) is 46.0 Å². The Kier molecular flexibility index (Phi) is 47.9. The number of rotatable bonds is 21. The SMILES string of the molecule is CCOC(=O)CC(=O)c1cc(Cc2cccc(Cl)c2F)c(OC)cc1OC.CCOC(=O)C[C-]=O.COc1cc(OC)c(C(=O)O)cc1Cc1cccc(Cl)c1F.COc1cc(OC)c(C(=O)n2ccnc2)cc1Cc1cccc(Cl)c1F.O=C(n1ccnc1)n1ccnc1.[2H]CI.[Cl-].[Cl-].[K+].[Mg+2].[OH-]. The van der Waals surface area contributed by atoms with E-state index in [0.29, 0.717) is 73.5 Å². The van der Waals surface area contributed by atoms with Crippen molar-refractivity contribution in [3.8, 4) is 34.5 Å². The number of imidazole rings is 3. The van der Waals surface area contributed by atoms with Crippen LogP contribution in [0.5, 0.6) is 34.5 Å². The fourth-order valence-electron chi connectivity index (χ4n) is 8.64. The van der Waals surface area contributed by atoms with Gasteiger partial charge in [0.15, 0.2) is 5.78 Å². The number of carbonyl (C=O) groups is 6. The predicted octanol–water partition coefficient (Wildman–Crippen LogP) is 4.13. The second-order valence-electron chi connectivity index (χ2n) is 19.1. The number of esters is 2. The second kappa shape index (κ2) is 51.4. The summed E-state index contributed by atoms with van der Waals surface area (Å²) < 4.78 is 93.6. The Labute approximate surface area is 687 Å². The first-order valence-corrected chi connectivity index (χ1v) is 31.0. The minimum Gasteiger partial charge on any atom is -1.00 e. The Hall–Kier alpha value is -6.83. The number of hydrogen-bond acceptors (Lipinski definition) is 19. The second-order valence-corrected chi connectivity index (χ2v) is 20.3. The molecule has 538 valence electrons. The molecular weight excluding hydrogens is 1600 g/mol. The third-order valence-corrected chi connectivity index (χ3v) is 14.0. The summed E-state index contributed by atoms with van der Waals surface area (Å²) in [6.07, 6.45) is 14.9. The number of alkyl halides is 1. The van der Waals surface area contributed by atoms with Crippen LogP contribution in [0.4, 0.5) is 18.0 Å². The largest absolute Gasteiger partial charge is 2.00 e. The van der Waals surface area contributed by atoms with Crippen LogP contribution in [0.1, 0.15) is 92.5 Å². The monoisotopic (exact) mass is 1660 g/mol. The summed E-state index contributed by atoms with van der Waals surface area (Å²) in [4.78, 5) is 91.1. The fourth-order valence-corrected chi connectivity index (χ4v) is 9.22. The van der Waals surface area contributed by atoms with Gasteiger partial charge in [-0.1, -0.05) is 100 Å². The number of ketones is 1. The van der Waals surface area contributed by atoms with Gasteiger partial charge in [0.2, 0.25) is 0 Å². The number of aromatic carboxylic acids is 1. The Balaban J connectivity index is 0. The average molecular weight is 1670 g/mol. The van der Waals surface area contributed by atoms with Crippen LogP contribution in [0.3, 0.4) is 0 Å². The summed E-state index contributed by atoms with van der Waals surface area (Å²) >= 11 is 19.4. The smallest absolute Gasteiger partial charge is 1.00 e. The van der Waals surface area contributed by atoms with Gasteiger partial charge in [0.05, 0.1) is 82.1 Å². The molecule has 9 rings (SSSR count). The van der Waals surface area contributed by atoms with Crippen molar-refractivity contribution < 1.29 is 173 Å². The molecule has 0 aliphatic rings. The van der Waals surface area contributed by atoms with E-state index in [-0.39, 0.29) is 187 Å². The zero-order chi connectivity index (χ0) is 72.4. The molecule has 6 aromatic carbocycles. The van der Waals surface area contributed by atoms with Gasteiger partial charge in [0.1, 0.15) is 82.9 Å². The van der Waals surface area contributed by atoms with Crippen LogP contribution in [0.25, 0.3) is 0 Å². The van der Waals surface area contributed by atoms with Crippen LogP contribution >= 0.6 is 57.4 Å². The maximum absolute atomic E-state index is 14.3. The first kappa shape index (κ1) is 95.2. The molecule has 0 amide bonds. The molecule has 2 N–H and O–H groups in total. The van der Waals surface area contributed by atoms with E-state index in [1.54, 1.807) is 99.4 Å². The summed E-state index contributed by atoms with van der Waals surface area (Å²) in [7, 11) is 8.67. The number of nitrogens with zero attached hydrogens (tertiary/aromatic N) is 6. The Bertz CT molecular complexity index is 4110. The standard InChI is InChI=1S/C20H20ClFO5.C19H16ClFN2O3.C16H14ClFO4.C7H6N4O.C5H7O3.CH3I.2ClH.K.Mg.H2O/c1-4-27-19(24)10-16(23)14-9-13(17(25-2)11-18(14)26-3)8-12-6-5-7-15(21)20(12)22;1-25-16-10-17(26-2)14(19(24)23-7-6-22-11-23)9-13(16)8-12-4-3-5-15(20)18(12)21;1-21-13-8-14(22-2)11(16(19)20)7-10(13)6-9-4-3-5-12(17)15(9)18;12-7(10-3-1-8-5-10)11-4-2-9-6-11;1-2-8-5(7)3-4-6;1-2;;;;;/h5-7,9,11H,4,8,10H2,1-3H3;3-7,9-11H,8H2,1-2H3;3-5,7-8H,6H2,1-2H3,(H,19,20);1-6H;2-3H2,1H3;1H3;2*1H;;;1H2/q;;;;-1;;;;+1;+2;/p-3/i;;;;;1D;;;;;. The topological polar surface area (TPSA) is 297 Å². The first-order valence-electron chi connectivity index (χ1n) is 29.1. The number of carboxylic acids is 1. The van der Waals surface area contributed by atoms with Crippen LogP contribution in [0, 0.1) is 17.5 Å². The normalized spacial score (nSPS) is 9.70. The number of carbonyl (C=O) groups excluding carboxylic acids is 6. The maximum atomic E-state index is 14.3. The average Bonchev–Trinajstić information content (AvgIpc) is 1.44. The summed E-state index contributed by atoms with van der Waals surface area (Å²) in [5.41, 5.74) is 3.35. The molecule has 23 nitrogen and oxygen atoms in total. The van der Waals surface area contributed by atoms with Crippen LogP contribution in [-0.4, -0.2) is 165 Å². The van der Waals surface area contributed by atoms with Gasteiger partial charge in [-0.15, -0.1) is 0 Å². The molecule has 102 heavy (non-hydrogen) atoms. The third-order valence-electron chi connectivity index (χ3n) is 13.1. The molecule has 0 saturated heterocycles. The predicted molar refractivity (Wildman–Crippen MR) is 371 cm³/mol. The Morgan fingerprint density at radius 3 is 1.18 bits per heavy atom. The van der Waals surface area contributed by atoms with Crippen molar-refractivity contribution >= 4 is 122 Å². The van der Waals surface area contributed by atoms with Gasteiger partial charge in [0, 0.05) is 76.0 Å². The van der Waals surface area contributed by atoms with Crippen molar-refractivity contribution in [3.63, 3.8) is 0 Å². The molecule has 9 aromatic rings. The van der Waals surface area contributed by atoms with Gasteiger partial charge in [-0.25, -0.2) is 37.7 Å². The molecule has 0 bridgehead atoms. The Morgan fingerprint density at radius 1 is 0.529 bits per heavy atom. The van der Waals surface area contributed by atoms with E-state index in [1.165, 1.54) is 124 Å². The number of hydrogen-bond donors (Lipinski definition) is 1. The van der Waals surface area contributed by atoms with Crippen LogP contribution in [0.2, 0.25) is 15.1 Å². The van der Waals surface area contributed by atoms with Crippen LogP contribution < -0.4 is 105 Å². The van der Waals surface area contributed by atoms with Gasteiger partial charge in [-0.2, -0.15) is 0 Å². The molecule has 0 radical (unpaired) electrons. The molecule has 3 aromatic heterocycles. The summed E-state index contributed by atoms with van der Waals surface area (Å²) in [6.45, 7) is 3.85. The van der Waals surface area contributed by atoms with Crippen LogP contribution in [0.15, 0.2) is 147 Å². The van der Waals surface area contributed by atoms with E-state index in [9.17, 15) is 51.8 Å². The minimum absolute atomic E-state index is 0. The number of methoxy groups -OCH3 is 6. The summed E-state index contributed by atoms with van der Waals surface area (Å²) in [5.74, 6) is -2.45. The number of Topliss-reactive ketones (excluding diaryl/α,β-unsaturated/α-hetero) is 1. The van der Waals surface area contributed by atoms with E-state index in [2.05, 4.69) is 19.7 Å². The molecule has 0 saturated carbocycles. The number of benzene rings is 6. The van der Waals surface area contributed by atoms with Gasteiger partial charge in [0.25, 0.3) is 11.9 Å². The maximum Gasteiger partial charge on any atom is 2.00 e. The number of aromatic nitrogens is 6. The van der Waals surface area contributed by atoms with Gasteiger partial charge in [-0.3, -0.25) is 39.2 Å². The molecule has 3 heterocycles. The molecule has 0 fully saturated rings. The number of ether oxygens (including phenoxy) is 8. The zero-order valence-corrected chi connectivity index (χ0v) is 66.8. The van der Waals surface area contributed by atoms with Crippen molar-refractivity contribution in [2.24, 2.45) is 0 Å². The van der Waals surface area contributed by atoms with E-state index in [0.717, 1.165) is 0 Å². The molecule has 0 aliphatic heterocycles. The summed E-state index contributed by atoms with van der Waals surface area (Å²) in [6, 6.07) is 23.2. The number of carboxylic acid groups (broad SMARTS) is 1. The first-order chi connectivity index (χ1) is 47.0. The quantitative estimate of drug-likeness (QED) is 0.0201. The van der Waals surface area contributed by atoms with Crippen molar-refractivity contribution in [1.82, 2.24) is 28.7 Å². The van der Waals surface area contributed by atoms with Crippen molar-refractivity contribution in [1.29, 1.82) is 0 Å². The van der Waals surface area contributed by atoms with E-state index >= 15 is 0 Å². The fraction of sp³-hybridized carbons (Fsp3) is 0.235.